The van der Waals surface area contributed by atoms with Crippen molar-refractivity contribution in [2.45, 2.75) is 0 Å². The zero-order valence-corrected chi connectivity index (χ0v) is 15.1. The Balaban J connectivity index is 1.84. The molecule has 0 aliphatic rings. The van der Waals surface area contributed by atoms with Crippen LogP contribution >= 0.6 is 0 Å². The molecule has 2 aromatic carbocycles. The Morgan fingerprint density at radius 2 is 1.20 bits per heavy atom. The van der Waals surface area contributed by atoms with Gasteiger partial charge in [-0.15, -0.1) is 0 Å². The summed E-state index contributed by atoms with van der Waals surface area (Å²) in [4.78, 5) is 32.8. The SMILES string of the molecule is O=[N+]([O-])c1ccc(O)c(C=Nc2cccc(N=Cc3cc([N+](=O)[O-])ccc3O)n2)c1. The second kappa shape index (κ2) is 8.56. The Morgan fingerprint density at radius 3 is 1.60 bits per heavy atom. The summed E-state index contributed by atoms with van der Waals surface area (Å²) in [5.74, 6) is 0.0528. The number of pyridine rings is 1. The summed E-state index contributed by atoms with van der Waals surface area (Å²) >= 11 is 0. The van der Waals surface area contributed by atoms with E-state index in [9.17, 15) is 30.4 Å². The molecule has 11 nitrogen and oxygen atoms in total. The van der Waals surface area contributed by atoms with Crippen molar-refractivity contribution in [1.82, 2.24) is 4.98 Å². The fraction of sp³-hybridized carbons (Fsp3) is 0. The van der Waals surface area contributed by atoms with Crippen molar-refractivity contribution in [2.24, 2.45) is 9.98 Å². The van der Waals surface area contributed by atoms with Crippen LogP contribution in [-0.2, 0) is 0 Å². The van der Waals surface area contributed by atoms with Crippen molar-refractivity contribution in [3.63, 3.8) is 0 Å². The number of hydrogen-bond acceptors (Lipinski definition) is 9. The number of aromatic hydroxyl groups is 2. The van der Waals surface area contributed by atoms with Gasteiger partial charge in [-0.1, -0.05) is 6.07 Å². The van der Waals surface area contributed by atoms with Crippen LogP contribution in [0.1, 0.15) is 11.1 Å². The Morgan fingerprint density at radius 1 is 0.767 bits per heavy atom. The predicted octanol–water partition coefficient (Wildman–Crippen LogP) is 3.81. The molecule has 1 aromatic heterocycles. The summed E-state index contributed by atoms with van der Waals surface area (Å²) in [6.45, 7) is 0. The van der Waals surface area contributed by atoms with E-state index in [1.54, 1.807) is 18.2 Å². The highest BCUT2D eigenvalue weighted by atomic mass is 16.6. The first-order valence-electron chi connectivity index (χ1n) is 8.33. The molecular weight excluding hydrogens is 394 g/mol. The van der Waals surface area contributed by atoms with Crippen LogP contribution in [0.4, 0.5) is 23.0 Å². The molecular formula is C19H13N5O6. The van der Waals surface area contributed by atoms with Gasteiger partial charge in [0.2, 0.25) is 0 Å². The third-order valence-corrected chi connectivity index (χ3v) is 3.84. The quantitative estimate of drug-likeness (QED) is 0.356. The maximum atomic E-state index is 10.9. The number of non-ortho nitro benzene ring substituents is 2. The monoisotopic (exact) mass is 407 g/mol. The normalized spacial score (nSPS) is 11.2. The number of phenolic OH excluding ortho intramolecular Hbond substituents is 2. The fourth-order valence-electron chi connectivity index (χ4n) is 2.35. The van der Waals surface area contributed by atoms with Gasteiger partial charge < -0.3 is 10.2 Å². The van der Waals surface area contributed by atoms with E-state index in [4.69, 9.17) is 0 Å². The van der Waals surface area contributed by atoms with Crippen LogP contribution in [0, 0.1) is 20.2 Å². The Hall–Kier alpha value is -4.67. The number of nitrogens with zero attached hydrogens (tertiary/aromatic N) is 5. The first-order valence-corrected chi connectivity index (χ1v) is 8.33. The van der Waals surface area contributed by atoms with Crippen LogP contribution < -0.4 is 0 Å². The molecule has 30 heavy (non-hydrogen) atoms. The lowest BCUT2D eigenvalue weighted by molar-refractivity contribution is -0.385. The topological polar surface area (TPSA) is 164 Å². The number of nitro groups is 2. The van der Waals surface area contributed by atoms with Crippen molar-refractivity contribution in [1.29, 1.82) is 0 Å². The highest BCUT2D eigenvalue weighted by molar-refractivity contribution is 5.87. The number of hydrogen-bond donors (Lipinski definition) is 2. The molecule has 2 N–H and O–H groups in total. The predicted molar refractivity (Wildman–Crippen MR) is 108 cm³/mol. The summed E-state index contributed by atoms with van der Waals surface area (Å²) in [6.07, 6.45) is 2.45. The average molecular weight is 407 g/mol. The molecule has 3 aromatic rings. The van der Waals surface area contributed by atoms with Crippen molar-refractivity contribution in [3.8, 4) is 11.5 Å². The molecule has 1 heterocycles. The zero-order chi connectivity index (χ0) is 21.7. The van der Waals surface area contributed by atoms with E-state index in [1.807, 2.05) is 0 Å². The van der Waals surface area contributed by atoms with Crippen LogP contribution in [0.2, 0.25) is 0 Å². The maximum Gasteiger partial charge on any atom is 0.270 e. The van der Waals surface area contributed by atoms with E-state index in [1.165, 1.54) is 48.8 Å². The molecule has 11 heteroatoms. The number of benzene rings is 2. The summed E-state index contributed by atoms with van der Waals surface area (Å²) in [6, 6.07) is 11.8. The minimum absolute atomic E-state index is 0.140. The summed E-state index contributed by atoms with van der Waals surface area (Å²) in [7, 11) is 0. The second-order valence-electron chi connectivity index (χ2n) is 5.87. The Kier molecular flexibility index (Phi) is 5.73. The van der Waals surface area contributed by atoms with E-state index in [2.05, 4.69) is 15.0 Å². The number of aliphatic imine (C=N–C) groups is 2. The van der Waals surface area contributed by atoms with Gasteiger partial charge in [0.25, 0.3) is 11.4 Å². The molecule has 0 fully saturated rings. The van der Waals surface area contributed by atoms with Gasteiger partial charge in [-0.05, 0) is 24.3 Å². The van der Waals surface area contributed by atoms with Crippen molar-refractivity contribution < 1.29 is 20.1 Å². The summed E-state index contributed by atoms with van der Waals surface area (Å²) in [5, 5.41) is 41.3. The van der Waals surface area contributed by atoms with Gasteiger partial charge in [-0.3, -0.25) is 20.2 Å². The van der Waals surface area contributed by atoms with Crippen LogP contribution in [0.15, 0.2) is 64.6 Å². The van der Waals surface area contributed by atoms with Crippen molar-refractivity contribution in [2.75, 3.05) is 0 Å². The lowest BCUT2D eigenvalue weighted by Gasteiger charge is -2.00. The van der Waals surface area contributed by atoms with E-state index in [0.717, 1.165) is 0 Å². The molecule has 0 amide bonds. The zero-order valence-electron chi connectivity index (χ0n) is 15.1. The highest BCUT2D eigenvalue weighted by Crippen LogP contribution is 2.24. The van der Waals surface area contributed by atoms with E-state index < -0.39 is 9.85 Å². The van der Waals surface area contributed by atoms with Crippen LogP contribution in [0.25, 0.3) is 0 Å². The third-order valence-electron chi connectivity index (χ3n) is 3.84. The smallest absolute Gasteiger partial charge is 0.270 e. The minimum Gasteiger partial charge on any atom is -0.507 e. The van der Waals surface area contributed by atoms with E-state index >= 15 is 0 Å². The van der Waals surface area contributed by atoms with Gasteiger partial charge in [0.1, 0.15) is 11.5 Å². The molecule has 0 unspecified atom stereocenters. The molecule has 150 valence electrons. The number of rotatable bonds is 6. The molecule has 0 aliphatic heterocycles. The molecule has 0 saturated carbocycles. The molecule has 0 atom stereocenters. The number of phenols is 2. The standard InChI is InChI=1S/C19H13N5O6/c25-16-6-4-14(23(27)28)8-12(16)10-20-18-2-1-3-19(22-18)21-11-13-9-15(24(29)30)5-7-17(13)26/h1-11,25-26H. The second-order valence-corrected chi connectivity index (χ2v) is 5.87. The number of nitro benzene ring substituents is 2. The number of aromatic nitrogens is 1. The Labute approximate surface area is 168 Å². The Bertz CT molecular complexity index is 1100. The molecule has 0 radical (unpaired) electrons. The van der Waals surface area contributed by atoms with Gasteiger partial charge in [-0.25, -0.2) is 15.0 Å². The maximum absolute atomic E-state index is 10.9. The van der Waals surface area contributed by atoms with Crippen molar-refractivity contribution >= 4 is 35.4 Å². The lowest BCUT2D eigenvalue weighted by atomic mass is 10.2. The first kappa shape index (κ1) is 20.1. The highest BCUT2D eigenvalue weighted by Gasteiger charge is 2.10. The van der Waals surface area contributed by atoms with Gasteiger partial charge in [-0.2, -0.15) is 0 Å². The van der Waals surface area contributed by atoms with Gasteiger partial charge in [0.05, 0.1) is 9.85 Å². The molecule has 3 rings (SSSR count). The van der Waals surface area contributed by atoms with E-state index in [0.29, 0.717) is 0 Å². The fourth-order valence-corrected chi connectivity index (χ4v) is 2.35. The van der Waals surface area contributed by atoms with Gasteiger partial charge in [0.15, 0.2) is 11.6 Å². The molecule has 0 bridgehead atoms. The van der Waals surface area contributed by atoms with Crippen LogP contribution in [-0.4, -0.2) is 37.5 Å². The van der Waals surface area contributed by atoms with Crippen LogP contribution in [0.3, 0.4) is 0 Å². The average Bonchev–Trinajstić information content (AvgIpc) is 2.72. The molecule has 0 saturated heterocycles. The van der Waals surface area contributed by atoms with Gasteiger partial charge >= 0.3 is 0 Å². The van der Waals surface area contributed by atoms with Gasteiger partial charge in [0, 0.05) is 47.8 Å². The van der Waals surface area contributed by atoms with E-state index in [-0.39, 0.29) is 45.6 Å². The molecule has 0 aliphatic carbocycles. The molecule has 0 spiro atoms. The third kappa shape index (κ3) is 4.78. The first-order chi connectivity index (χ1) is 14.3. The van der Waals surface area contributed by atoms with Crippen LogP contribution in [0.5, 0.6) is 11.5 Å². The minimum atomic E-state index is -0.590. The largest absolute Gasteiger partial charge is 0.507 e. The summed E-state index contributed by atoms with van der Waals surface area (Å²) < 4.78 is 0. The lowest BCUT2D eigenvalue weighted by Crippen LogP contribution is -1.91. The summed E-state index contributed by atoms with van der Waals surface area (Å²) in [5.41, 5.74) is -0.113. The van der Waals surface area contributed by atoms with Crippen molar-refractivity contribution in [3.05, 3.63) is 86.0 Å².